The summed E-state index contributed by atoms with van der Waals surface area (Å²) in [6, 6.07) is 14.4. The second kappa shape index (κ2) is 9.53. The van der Waals surface area contributed by atoms with E-state index in [0.29, 0.717) is 26.9 Å². The number of rotatable bonds is 5. The molecule has 0 saturated carbocycles. The van der Waals surface area contributed by atoms with Gasteiger partial charge in [0, 0.05) is 5.56 Å². The van der Waals surface area contributed by atoms with Crippen molar-refractivity contribution in [2.24, 2.45) is 0 Å². The molecular formula is C27H21BrN2O6S. The van der Waals surface area contributed by atoms with E-state index >= 15 is 0 Å². The molecule has 5 rings (SSSR count). The monoisotopic (exact) mass is 580 g/mol. The van der Waals surface area contributed by atoms with Crippen molar-refractivity contribution in [3.05, 3.63) is 81.3 Å². The molecule has 10 heteroatoms. The van der Waals surface area contributed by atoms with Crippen LogP contribution in [0.1, 0.15) is 22.7 Å². The summed E-state index contributed by atoms with van der Waals surface area (Å²) < 4.78 is 11.7. The van der Waals surface area contributed by atoms with E-state index in [1.165, 1.54) is 29.4 Å². The molecule has 0 spiro atoms. The highest BCUT2D eigenvalue weighted by molar-refractivity contribution is 9.10. The third kappa shape index (κ3) is 4.21. The lowest BCUT2D eigenvalue weighted by Gasteiger charge is -2.24. The van der Waals surface area contributed by atoms with Crippen molar-refractivity contribution in [2.75, 3.05) is 19.1 Å². The molecule has 37 heavy (non-hydrogen) atoms. The van der Waals surface area contributed by atoms with Crippen LogP contribution in [-0.4, -0.2) is 41.1 Å². The Morgan fingerprint density at radius 1 is 1.05 bits per heavy atom. The first kappa shape index (κ1) is 24.8. The number of nitrogens with zero attached hydrogens (tertiary/aromatic N) is 2. The van der Waals surface area contributed by atoms with Crippen LogP contribution in [0.2, 0.25) is 0 Å². The molecule has 0 radical (unpaired) electrons. The second-order valence-corrected chi connectivity index (χ2v) is 10.3. The van der Waals surface area contributed by atoms with E-state index in [1.54, 1.807) is 55.6 Å². The number of phenolic OH excluding ortho intramolecular Hbond substituents is 1. The first-order valence-electron chi connectivity index (χ1n) is 11.1. The van der Waals surface area contributed by atoms with Gasteiger partial charge >= 0.3 is 5.91 Å². The zero-order valence-corrected chi connectivity index (χ0v) is 22.4. The molecule has 1 atom stereocenters. The van der Waals surface area contributed by atoms with Gasteiger partial charge in [-0.3, -0.25) is 14.5 Å². The van der Waals surface area contributed by atoms with Crippen LogP contribution in [0.5, 0.6) is 17.2 Å². The Kier molecular flexibility index (Phi) is 6.38. The molecule has 4 aromatic rings. The highest BCUT2D eigenvalue weighted by Gasteiger charge is 2.48. The fraction of sp³-hybridized carbons (Fsp3) is 0.148. The predicted octanol–water partition coefficient (Wildman–Crippen LogP) is 5.72. The van der Waals surface area contributed by atoms with E-state index in [9.17, 15) is 19.8 Å². The molecule has 0 aliphatic carbocycles. The zero-order chi connectivity index (χ0) is 26.4. The number of amides is 1. The Bertz CT molecular complexity index is 1590. The third-order valence-electron chi connectivity index (χ3n) is 6.15. The molecule has 0 bridgehead atoms. The van der Waals surface area contributed by atoms with Gasteiger partial charge in [0.25, 0.3) is 5.78 Å². The molecule has 188 valence electrons. The normalized spacial score (nSPS) is 17.0. The van der Waals surface area contributed by atoms with Gasteiger partial charge in [0.1, 0.15) is 11.5 Å². The number of aliphatic hydroxyl groups excluding tert-OH is 1. The average Bonchev–Trinajstić information content (AvgIpc) is 3.43. The van der Waals surface area contributed by atoms with Gasteiger partial charge in [-0.15, -0.1) is 0 Å². The fourth-order valence-electron chi connectivity index (χ4n) is 4.24. The predicted molar refractivity (Wildman–Crippen MR) is 144 cm³/mol. The number of ketones is 1. The summed E-state index contributed by atoms with van der Waals surface area (Å²) in [4.78, 5) is 32.8. The van der Waals surface area contributed by atoms with Crippen LogP contribution in [0, 0.1) is 6.92 Å². The summed E-state index contributed by atoms with van der Waals surface area (Å²) in [6.45, 7) is 1.91. The number of fused-ring (bicyclic) bond motifs is 1. The van der Waals surface area contributed by atoms with Crippen LogP contribution in [-0.2, 0) is 9.59 Å². The number of benzene rings is 3. The van der Waals surface area contributed by atoms with Gasteiger partial charge in [0.05, 0.1) is 40.5 Å². The Morgan fingerprint density at radius 2 is 1.78 bits per heavy atom. The summed E-state index contributed by atoms with van der Waals surface area (Å²) in [6.07, 6.45) is 0. The molecule has 1 amide bonds. The van der Waals surface area contributed by atoms with E-state index in [-0.39, 0.29) is 28.0 Å². The number of methoxy groups -OCH3 is 2. The van der Waals surface area contributed by atoms with Crippen molar-refractivity contribution >= 4 is 60.1 Å². The Morgan fingerprint density at radius 3 is 2.46 bits per heavy atom. The summed E-state index contributed by atoms with van der Waals surface area (Å²) in [5.74, 6) is -1.34. The smallest absolute Gasteiger partial charge is 0.301 e. The Balaban J connectivity index is 1.76. The van der Waals surface area contributed by atoms with Crippen LogP contribution in [0.4, 0.5) is 5.13 Å². The minimum Gasteiger partial charge on any atom is -0.507 e. The number of thiazole rings is 1. The highest BCUT2D eigenvalue weighted by atomic mass is 79.9. The van der Waals surface area contributed by atoms with Crippen LogP contribution in [0.25, 0.3) is 16.0 Å². The van der Waals surface area contributed by atoms with E-state index in [0.717, 1.165) is 10.3 Å². The second-order valence-electron chi connectivity index (χ2n) is 8.42. The lowest BCUT2D eigenvalue weighted by molar-refractivity contribution is -0.132. The maximum absolute atomic E-state index is 13.5. The summed E-state index contributed by atoms with van der Waals surface area (Å²) >= 11 is 4.54. The highest BCUT2D eigenvalue weighted by Crippen LogP contribution is 2.47. The van der Waals surface area contributed by atoms with Crippen molar-refractivity contribution in [3.8, 4) is 17.2 Å². The number of aryl methyl sites for hydroxylation is 1. The van der Waals surface area contributed by atoms with Gasteiger partial charge < -0.3 is 19.7 Å². The van der Waals surface area contributed by atoms with Crippen LogP contribution >= 0.6 is 27.3 Å². The lowest BCUT2D eigenvalue weighted by Crippen LogP contribution is -2.29. The number of aromatic nitrogens is 1. The molecule has 8 nitrogen and oxygen atoms in total. The fourth-order valence-corrected chi connectivity index (χ4v) is 5.72. The molecule has 2 heterocycles. The maximum Gasteiger partial charge on any atom is 0.301 e. The Labute approximate surface area is 224 Å². The minimum absolute atomic E-state index is 0.0923. The maximum atomic E-state index is 13.5. The van der Waals surface area contributed by atoms with E-state index in [1.807, 2.05) is 6.92 Å². The minimum atomic E-state index is -1.03. The molecule has 2 N–H and O–H groups in total. The number of Topliss-reactive ketones (excluding diaryl/α,β-unsaturated/α-hetero) is 1. The number of carbonyl (C=O) groups is 2. The summed E-state index contributed by atoms with van der Waals surface area (Å²) in [7, 11) is 2.96. The lowest BCUT2D eigenvalue weighted by atomic mass is 9.95. The van der Waals surface area contributed by atoms with Gasteiger partial charge in [-0.25, -0.2) is 4.98 Å². The molecule has 1 aliphatic rings. The van der Waals surface area contributed by atoms with Crippen LogP contribution in [0.15, 0.2) is 64.6 Å². The third-order valence-corrected chi connectivity index (χ3v) is 7.77. The number of ether oxygens (including phenoxy) is 2. The van der Waals surface area contributed by atoms with E-state index < -0.39 is 17.7 Å². The number of phenols is 1. The summed E-state index contributed by atoms with van der Waals surface area (Å²) in [5, 5.41) is 22.0. The molecular weight excluding hydrogens is 560 g/mol. The number of hydrogen-bond donors (Lipinski definition) is 2. The number of hydrogen-bond acceptors (Lipinski definition) is 8. The SMILES string of the molecule is COc1ccc2nc(N3C(=O)C(=O)C(=C(O)c4ccc(C)cc4)C3c3cc(Br)c(O)c(OC)c3)sc2c1. The van der Waals surface area contributed by atoms with Gasteiger partial charge in [-0.2, -0.15) is 0 Å². The van der Waals surface area contributed by atoms with Crippen molar-refractivity contribution in [1.82, 2.24) is 4.98 Å². The van der Waals surface area contributed by atoms with E-state index in [2.05, 4.69) is 20.9 Å². The number of aromatic hydroxyl groups is 1. The van der Waals surface area contributed by atoms with Gasteiger partial charge in [-0.1, -0.05) is 41.2 Å². The largest absolute Gasteiger partial charge is 0.507 e. The molecule has 1 unspecified atom stereocenters. The molecule has 1 saturated heterocycles. The summed E-state index contributed by atoms with van der Waals surface area (Å²) in [5.41, 5.74) is 2.35. The van der Waals surface area contributed by atoms with Crippen molar-refractivity contribution in [1.29, 1.82) is 0 Å². The van der Waals surface area contributed by atoms with Gasteiger partial charge in [0.15, 0.2) is 16.6 Å². The topological polar surface area (TPSA) is 109 Å². The van der Waals surface area contributed by atoms with Crippen molar-refractivity contribution < 1.29 is 29.3 Å². The number of aliphatic hydroxyl groups is 1. The first-order chi connectivity index (χ1) is 17.7. The quantitative estimate of drug-likeness (QED) is 0.176. The standard InChI is InChI=1S/C27H21BrN2O6S/c1-13-4-6-14(7-5-13)23(31)21-22(15-10-17(28)24(32)19(11-15)36-3)30(26(34)25(21)33)27-29-18-9-8-16(35-2)12-20(18)37-27/h4-12,22,31-32H,1-3H3. The van der Waals surface area contributed by atoms with Gasteiger partial charge in [0.2, 0.25) is 0 Å². The van der Waals surface area contributed by atoms with Gasteiger partial charge in [-0.05, 0) is 58.7 Å². The molecule has 1 fully saturated rings. The number of halogens is 1. The van der Waals surface area contributed by atoms with Crippen LogP contribution < -0.4 is 14.4 Å². The average molecular weight is 581 g/mol. The zero-order valence-electron chi connectivity index (χ0n) is 20.0. The molecule has 3 aromatic carbocycles. The first-order valence-corrected chi connectivity index (χ1v) is 12.7. The molecule has 1 aliphatic heterocycles. The number of carbonyl (C=O) groups excluding carboxylic acids is 2. The number of anilines is 1. The molecule has 1 aromatic heterocycles. The van der Waals surface area contributed by atoms with E-state index in [4.69, 9.17) is 9.47 Å². The van der Waals surface area contributed by atoms with Crippen molar-refractivity contribution in [3.63, 3.8) is 0 Å². The van der Waals surface area contributed by atoms with Crippen LogP contribution in [0.3, 0.4) is 0 Å². The Hall–Kier alpha value is -3.89. The van der Waals surface area contributed by atoms with Crippen molar-refractivity contribution in [2.45, 2.75) is 13.0 Å².